The zero-order chi connectivity index (χ0) is 37.5. The van der Waals surface area contributed by atoms with Gasteiger partial charge >= 0.3 is 0 Å². The van der Waals surface area contributed by atoms with Crippen LogP contribution in [-0.4, -0.2) is 19.5 Å². The Morgan fingerprint density at radius 3 is 1.47 bits per heavy atom. The van der Waals surface area contributed by atoms with E-state index < -0.39 is 0 Å². The van der Waals surface area contributed by atoms with E-state index in [-0.39, 0.29) is 0 Å². The number of nitrogens with zero attached hydrogens (tertiary/aromatic N) is 4. The summed E-state index contributed by atoms with van der Waals surface area (Å²) in [7, 11) is 0. The van der Waals surface area contributed by atoms with Crippen LogP contribution in [0.2, 0.25) is 0 Å². The fourth-order valence-electron chi connectivity index (χ4n) is 8.51. The number of hydrogen-bond donors (Lipinski definition) is 0. The highest BCUT2D eigenvalue weighted by molar-refractivity contribution is 6.20. The Morgan fingerprint density at radius 1 is 0.333 bits per heavy atom. The first-order chi connectivity index (χ1) is 28.2. The summed E-state index contributed by atoms with van der Waals surface area (Å²) in [5.74, 6) is 1.82. The first-order valence-electron chi connectivity index (χ1n) is 19.0. The van der Waals surface area contributed by atoms with E-state index in [1.54, 1.807) is 0 Å². The second-order valence-corrected chi connectivity index (χ2v) is 14.4. The number of fused-ring (bicyclic) bond motifs is 9. The summed E-state index contributed by atoms with van der Waals surface area (Å²) in [6.07, 6.45) is 0. The highest BCUT2D eigenvalue weighted by atomic mass is 16.3. The number of aromatic nitrogens is 4. The van der Waals surface area contributed by atoms with Gasteiger partial charge in [0.25, 0.3) is 0 Å². The zero-order valence-electron chi connectivity index (χ0n) is 30.4. The molecule has 266 valence electrons. The molecule has 6 heteroatoms. The number of furan rings is 2. The summed E-state index contributed by atoms with van der Waals surface area (Å²) in [5.41, 5.74) is 11.5. The zero-order valence-corrected chi connectivity index (χ0v) is 30.4. The van der Waals surface area contributed by atoms with Crippen LogP contribution < -0.4 is 0 Å². The minimum absolute atomic E-state index is 0.582. The van der Waals surface area contributed by atoms with Crippen molar-refractivity contribution in [2.45, 2.75) is 0 Å². The van der Waals surface area contributed by atoms with Crippen LogP contribution in [0.1, 0.15) is 0 Å². The molecule has 0 spiro atoms. The molecule has 0 saturated carbocycles. The van der Waals surface area contributed by atoms with Gasteiger partial charge in [-0.25, -0.2) is 15.0 Å². The molecule has 12 aromatic rings. The number of hydrogen-bond acceptors (Lipinski definition) is 5. The van der Waals surface area contributed by atoms with Crippen LogP contribution in [0.5, 0.6) is 0 Å². The average Bonchev–Trinajstić information content (AvgIpc) is 3.96. The van der Waals surface area contributed by atoms with Crippen LogP contribution in [0.4, 0.5) is 0 Å². The maximum atomic E-state index is 6.64. The Labute approximate surface area is 325 Å². The molecule has 4 aromatic heterocycles. The fourth-order valence-corrected chi connectivity index (χ4v) is 8.51. The van der Waals surface area contributed by atoms with Gasteiger partial charge in [-0.1, -0.05) is 127 Å². The monoisotopic (exact) mass is 730 g/mol. The van der Waals surface area contributed by atoms with Crippen LogP contribution in [0, 0.1) is 0 Å². The molecule has 0 N–H and O–H groups in total. The number of rotatable bonds is 5. The summed E-state index contributed by atoms with van der Waals surface area (Å²) in [6.45, 7) is 0. The van der Waals surface area contributed by atoms with E-state index in [2.05, 4.69) is 114 Å². The third-order valence-electron chi connectivity index (χ3n) is 11.1. The Bertz CT molecular complexity index is 3410. The molecule has 6 nitrogen and oxygen atoms in total. The highest BCUT2D eigenvalue weighted by Gasteiger charge is 2.20. The summed E-state index contributed by atoms with van der Waals surface area (Å²) in [4.78, 5) is 14.8. The Hall–Kier alpha value is -7.83. The van der Waals surface area contributed by atoms with Gasteiger partial charge in [0.1, 0.15) is 22.3 Å². The van der Waals surface area contributed by atoms with Crippen LogP contribution >= 0.6 is 0 Å². The summed E-state index contributed by atoms with van der Waals surface area (Å²) in [6, 6.07) is 62.6. The van der Waals surface area contributed by atoms with Crippen LogP contribution in [0.15, 0.2) is 191 Å². The van der Waals surface area contributed by atoms with Gasteiger partial charge in [-0.05, 0) is 65.7 Å². The molecule has 0 bridgehead atoms. The van der Waals surface area contributed by atoms with E-state index in [0.717, 1.165) is 77.4 Å². The molecule has 0 radical (unpaired) electrons. The third-order valence-corrected chi connectivity index (χ3v) is 11.1. The van der Waals surface area contributed by atoms with Gasteiger partial charge in [-0.15, -0.1) is 0 Å². The SMILES string of the molecule is c1ccc(-c2nc(-c3ccccc3)nc(-c3ccc4c(c3)oc3cccc(-c5cccc6oc7ccc(-n8c9ccccc9c9ccccc98)cc7c56)c34)n2)cc1. The minimum Gasteiger partial charge on any atom is -0.456 e. The smallest absolute Gasteiger partial charge is 0.164 e. The van der Waals surface area contributed by atoms with Crippen molar-refractivity contribution in [2.24, 2.45) is 0 Å². The van der Waals surface area contributed by atoms with Gasteiger partial charge in [-0.3, -0.25) is 0 Å². The molecule has 0 aliphatic heterocycles. The van der Waals surface area contributed by atoms with E-state index in [0.29, 0.717) is 17.5 Å². The fraction of sp³-hybridized carbons (Fsp3) is 0. The molecular weight excluding hydrogens is 701 g/mol. The van der Waals surface area contributed by atoms with Crippen molar-refractivity contribution in [3.63, 3.8) is 0 Å². The van der Waals surface area contributed by atoms with Crippen LogP contribution in [0.3, 0.4) is 0 Å². The lowest BCUT2D eigenvalue weighted by molar-refractivity contribution is 0.668. The maximum absolute atomic E-state index is 6.64. The molecule has 57 heavy (non-hydrogen) atoms. The number of benzene rings is 8. The lowest BCUT2D eigenvalue weighted by Crippen LogP contribution is -2.00. The largest absolute Gasteiger partial charge is 0.456 e. The average molecular weight is 731 g/mol. The molecule has 0 atom stereocenters. The molecule has 0 fully saturated rings. The highest BCUT2D eigenvalue weighted by Crippen LogP contribution is 2.44. The lowest BCUT2D eigenvalue weighted by atomic mass is 9.95. The van der Waals surface area contributed by atoms with Gasteiger partial charge < -0.3 is 13.4 Å². The van der Waals surface area contributed by atoms with Crippen molar-refractivity contribution >= 4 is 65.7 Å². The van der Waals surface area contributed by atoms with Gasteiger partial charge in [-0.2, -0.15) is 0 Å². The molecular formula is C51H30N4O2. The second-order valence-electron chi connectivity index (χ2n) is 14.4. The van der Waals surface area contributed by atoms with Crippen molar-refractivity contribution in [3.8, 4) is 51.0 Å². The van der Waals surface area contributed by atoms with E-state index in [4.69, 9.17) is 23.8 Å². The molecule has 0 amide bonds. The molecule has 0 aliphatic carbocycles. The quantitative estimate of drug-likeness (QED) is 0.176. The standard InChI is InChI=1S/C51H30N4O2/c1-3-13-31(14-4-1)49-52-50(32-15-5-2-6-16-32)54-51(53-49)33-25-27-39-46(29-33)57-44-23-11-19-37(47(39)44)38-20-12-24-45-48(38)40-30-34(26-28-43(40)56-45)55-41-21-9-7-17-35(41)36-18-8-10-22-42(36)55/h1-30H. The van der Waals surface area contributed by atoms with Crippen molar-refractivity contribution < 1.29 is 8.83 Å². The summed E-state index contributed by atoms with van der Waals surface area (Å²) >= 11 is 0. The second kappa shape index (κ2) is 12.3. The van der Waals surface area contributed by atoms with E-state index in [1.807, 2.05) is 72.8 Å². The predicted octanol–water partition coefficient (Wildman–Crippen LogP) is 13.4. The van der Waals surface area contributed by atoms with Crippen LogP contribution in [-0.2, 0) is 0 Å². The summed E-state index contributed by atoms with van der Waals surface area (Å²) in [5, 5.41) is 6.66. The van der Waals surface area contributed by atoms with Gasteiger partial charge in [0.05, 0.1) is 11.0 Å². The van der Waals surface area contributed by atoms with Crippen molar-refractivity contribution in [1.29, 1.82) is 0 Å². The van der Waals surface area contributed by atoms with Gasteiger partial charge in [0, 0.05) is 54.7 Å². The topological polar surface area (TPSA) is 69.9 Å². The Kier molecular flexibility index (Phi) is 6.83. The first-order valence-corrected chi connectivity index (χ1v) is 19.0. The van der Waals surface area contributed by atoms with E-state index >= 15 is 0 Å². The molecule has 8 aromatic carbocycles. The van der Waals surface area contributed by atoms with E-state index in [9.17, 15) is 0 Å². The minimum atomic E-state index is 0.582. The molecule has 4 heterocycles. The summed E-state index contributed by atoms with van der Waals surface area (Å²) < 4.78 is 15.5. The van der Waals surface area contributed by atoms with Crippen molar-refractivity contribution in [1.82, 2.24) is 19.5 Å². The lowest BCUT2D eigenvalue weighted by Gasteiger charge is -2.09. The molecule has 0 unspecified atom stereocenters. The van der Waals surface area contributed by atoms with E-state index in [1.165, 1.54) is 21.8 Å². The van der Waals surface area contributed by atoms with Crippen molar-refractivity contribution in [2.75, 3.05) is 0 Å². The molecule has 0 saturated heterocycles. The molecule has 12 rings (SSSR count). The van der Waals surface area contributed by atoms with Crippen molar-refractivity contribution in [3.05, 3.63) is 182 Å². The Balaban J connectivity index is 1.03. The maximum Gasteiger partial charge on any atom is 0.164 e. The Morgan fingerprint density at radius 2 is 0.860 bits per heavy atom. The normalized spacial score (nSPS) is 11.9. The van der Waals surface area contributed by atoms with Gasteiger partial charge in [0.15, 0.2) is 17.5 Å². The first kappa shape index (κ1) is 31.5. The van der Waals surface area contributed by atoms with Gasteiger partial charge in [0.2, 0.25) is 0 Å². The predicted molar refractivity (Wildman–Crippen MR) is 230 cm³/mol. The molecule has 0 aliphatic rings. The third kappa shape index (κ3) is 4.94. The van der Waals surface area contributed by atoms with Crippen LogP contribution in [0.25, 0.3) is 117 Å². The number of para-hydroxylation sites is 2.